The molecule has 4 rings (SSSR count). The molecule has 1 aliphatic heterocycles. The lowest BCUT2D eigenvalue weighted by molar-refractivity contribution is -0.153. The van der Waals surface area contributed by atoms with Crippen LogP contribution in [0.15, 0.2) is 48.5 Å². The van der Waals surface area contributed by atoms with Gasteiger partial charge in [-0.15, -0.1) is 0 Å². The van der Waals surface area contributed by atoms with Gasteiger partial charge < -0.3 is 9.30 Å². The van der Waals surface area contributed by atoms with Crippen molar-refractivity contribution in [3.8, 4) is 0 Å². The zero-order chi connectivity index (χ0) is 21.3. The van der Waals surface area contributed by atoms with Gasteiger partial charge in [0, 0.05) is 11.6 Å². The maximum absolute atomic E-state index is 13.6. The Kier molecular flexibility index (Phi) is 5.77. The summed E-state index contributed by atoms with van der Waals surface area (Å²) in [6, 6.07) is 14.4. The van der Waals surface area contributed by atoms with E-state index in [9.17, 15) is 9.59 Å². The summed E-state index contributed by atoms with van der Waals surface area (Å²) in [6.07, 6.45) is 1.73. The van der Waals surface area contributed by atoms with Crippen molar-refractivity contribution in [2.45, 2.75) is 32.7 Å². The Morgan fingerprint density at radius 3 is 2.60 bits per heavy atom. The van der Waals surface area contributed by atoms with Gasteiger partial charge in [0.2, 0.25) is 11.9 Å². The fraction of sp³-hybridized carbons (Fsp3) is 0.348. The van der Waals surface area contributed by atoms with Crippen LogP contribution in [-0.2, 0) is 14.3 Å². The minimum absolute atomic E-state index is 0.199. The van der Waals surface area contributed by atoms with Crippen LogP contribution < -0.4 is 4.90 Å². The molecule has 6 nitrogen and oxygen atoms in total. The normalized spacial score (nSPS) is 18.5. The van der Waals surface area contributed by atoms with E-state index in [2.05, 4.69) is 6.92 Å². The van der Waals surface area contributed by atoms with Crippen molar-refractivity contribution in [2.75, 3.05) is 18.1 Å². The van der Waals surface area contributed by atoms with Crippen molar-refractivity contribution in [3.05, 3.63) is 59.1 Å². The molecule has 1 amide bonds. The lowest BCUT2D eigenvalue weighted by Gasteiger charge is -2.38. The summed E-state index contributed by atoms with van der Waals surface area (Å²) in [4.78, 5) is 33.0. The zero-order valence-corrected chi connectivity index (χ0v) is 17.8. The number of carbonyl (C=O) groups excluding carboxylic acids is 2. The molecule has 0 saturated carbocycles. The minimum atomic E-state index is -1.04. The van der Waals surface area contributed by atoms with E-state index < -0.39 is 17.9 Å². The fourth-order valence-electron chi connectivity index (χ4n) is 4.07. The Morgan fingerprint density at radius 2 is 1.87 bits per heavy atom. The van der Waals surface area contributed by atoms with E-state index in [4.69, 9.17) is 21.3 Å². The number of esters is 1. The predicted octanol–water partition coefficient (Wildman–Crippen LogP) is 4.61. The molecule has 0 bridgehead atoms. The smallest absolute Gasteiger partial charge is 0.321 e. The number of amides is 1. The third kappa shape index (κ3) is 3.35. The zero-order valence-electron chi connectivity index (χ0n) is 17.0. The Bertz CT molecular complexity index is 1090. The van der Waals surface area contributed by atoms with Gasteiger partial charge in [0.05, 0.1) is 23.7 Å². The molecule has 1 aliphatic rings. The first-order valence-electron chi connectivity index (χ1n) is 10.3. The van der Waals surface area contributed by atoms with Crippen LogP contribution in [0.25, 0.3) is 11.0 Å². The highest BCUT2D eigenvalue weighted by Gasteiger charge is 2.48. The van der Waals surface area contributed by atoms with Gasteiger partial charge in [0.15, 0.2) is 5.92 Å². The number of ether oxygens (including phenoxy) is 1. The standard InChI is InChI=1S/C23H24ClN3O3/c1-3-5-14-26-21(28)19(22(29)30-4-2)20(15-10-6-7-11-16(15)24)27-18-13-9-8-12-17(18)25-23(26)27/h6-13,19-20H,3-5,14H2,1-2H3/t19-,20-/m1/s1. The molecule has 30 heavy (non-hydrogen) atoms. The highest BCUT2D eigenvalue weighted by Crippen LogP contribution is 2.43. The number of carbonyl (C=O) groups is 2. The summed E-state index contributed by atoms with van der Waals surface area (Å²) < 4.78 is 7.30. The third-order valence-electron chi connectivity index (χ3n) is 5.44. The number of fused-ring (bicyclic) bond motifs is 3. The molecule has 2 heterocycles. The van der Waals surface area contributed by atoms with Crippen LogP contribution >= 0.6 is 11.6 Å². The van der Waals surface area contributed by atoms with Gasteiger partial charge in [-0.3, -0.25) is 14.5 Å². The van der Waals surface area contributed by atoms with Crippen molar-refractivity contribution in [1.82, 2.24) is 9.55 Å². The molecule has 3 aromatic rings. The molecule has 0 saturated heterocycles. The number of rotatable bonds is 6. The Morgan fingerprint density at radius 1 is 1.13 bits per heavy atom. The Hall–Kier alpha value is -2.86. The third-order valence-corrected chi connectivity index (χ3v) is 5.79. The molecule has 7 heteroatoms. The molecule has 2 atom stereocenters. The van der Waals surface area contributed by atoms with Crippen molar-refractivity contribution in [2.24, 2.45) is 5.92 Å². The first-order chi connectivity index (χ1) is 14.6. The predicted molar refractivity (Wildman–Crippen MR) is 117 cm³/mol. The number of benzene rings is 2. The Balaban J connectivity index is 2.00. The van der Waals surface area contributed by atoms with Crippen LogP contribution in [0.4, 0.5) is 5.95 Å². The summed E-state index contributed by atoms with van der Waals surface area (Å²) in [5.41, 5.74) is 2.31. The summed E-state index contributed by atoms with van der Waals surface area (Å²) in [5.74, 6) is -1.33. The second kappa shape index (κ2) is 8.48. The van der Waals surface area contributed by atoms with Gasteiger partial charge >= 0.3 is 5.97 Å². The number of halogens is 1. The lowest BCUT2D eigenvalue weighted by Crippen LogP contribution is -2.50. The average molecular weight is 426 g/mol. The van der Waals surface area contributed by atoms with E-state index in [0.29, 0.717) is 23.1 Å². The van der Waals surface area contributed by atoms with E-state index in [1.807, 2.05) is 47.0 Å². The lowest BCUT2D eigenvalue weighted by atomic mass is 9.89. The highest BCUT2D eigenvalue weighted by molar-refractivity contribution is 6.31. The van der Waals surface area contributed by atoms with Crippen LogP contribution in [0, 0.1) is 5.92 Å². The van der Waals surface area contributed by atoms with E-state index in [1.165, 1.54) is 0 Å². The van der Waals surface area contributed by atoms with Crippen molar-refractivity contribution >= 4 is 40.5 Å². The SMILES string of the molecule is CCCCN1C(=O)[C@H](C(=O)OCC)[C@@H](c2ccccc2Cl)n2c1nc1ccccc12. The first kappa shape index (κ1) is 20.4. The summed E-state index contributed by atoms with van der Waals surface area (Å²) in [7, 11) is 0. The van der Waals surface area contributed by atoms with E-state index in [-0.39, 0.29) is 12.5 Å². The summed E-state index contributed by atoms with van der Waals surface area (Å²) in [5, 5.41) is 0.496. The number of hydrogen-bond acceptors (Lipinski definition) is 4. The van der Waals surface area contributed by atoms with Gasteiger partial charge in [0.1, 0.15) is 0 Å². The van der Waals surface area contributed by atoms with Crippen LogP contribution in [0.3, 0.4) is 0 Å². The van der Waals surface area contributed by atoms with Gasteiger partial charge in [0.25, 0.3) is 0 Å². The number of para-hydroxylation sites is 2. The maximum Gasteiger partial charge on any atom is 0.321 e. The highest BCUT2D eigenvalue weighted by atomic mass is 35.5. The molecular weight excluding hydrogens is 402 g/mol. The average Bonchev–Trinajstić information content (AvgIpc) is 3.12. The van der Waals surface area contributed by atoms with Gasteiger partial charge in [-0.25, -0.2) is 4.98 Å². The van der Waals surface area contributed by atoms with Crippen LogP contribution in [0.1, 0.15) is 38.3 Å². The Labute approximate surface area is 180 Å². The molecule has 0 spiro atoms. The van der Waals surface area contributed by atoms with Crippen LogP contribution in [0.5, 0.6) is 0 Å². The second-order valence-electron chi connectivity index (χ2n) is 7.31. The largest absolute Gasteiger partial charge is 0.465 e. The van der Waals surface area contributed by atoms with E-state index in [1.54, 1.807) is 17.9 Å². The van der Waals surface area contributed by atoms with Crippen molar-refractivity contribution < 1.29 is 14.3 Å². The molecule has 2 aromatic carbocycles. The first-order valence-corrected chi connectivity index (χ1v) is 10.7. The number of nitrogens with zero attached hydrogens (tertiary/aromatic N) is 3. The van der Waals surface area contributed by atoms with Crippen LogP contribution in [-0.4, -0.2) is 34.6 Å². The quantitative estimate of drug-likeness (QED) is 0.427. The number of hydrogen-bond donors (Lipinski definition) is 0. The van der Waals surface area contributed by atoms with E-state index >= 15 is 0 Å². The molecular formula is C23H24ClN3O3. The molecule has 0 radical (unpaired) electrons. The van der Waals surface area contributed by atoms with Crippen molar-refractivity contribution in [1.29, 1.82) is 0 Å². The number of unbranched alkanes of at least 4 members (excludes halogenated alkanes) is 1. The molecule has 156 valence electrons. The molecule has 0 unspecified atom stereocenters. The van der Waals surface area contributed by atoms with Crippen LogP contribution in [0.2, 0.25) is 5.02 Å². The maximum atomic E-state index is 13.6. The number of aromatic nitrogens is 2. The van der Waals surface area contributed by atoms with Gasteiger partial charge in [-0.05, 0) is 37.1 Å². The minimum Gasteiger partial charge on any atom is -0.465 e. The molecule has 0 aliphatic carbocycles. The van der Waals surface area contributed by atoms with Gasteiger partial charge in [-0.1, -0.05) is 55.3 Å². The van der Waals surface area contributed by atoms with E-state index in [0.717, 1.165) is 23.9 Å². The van der Waals surface area contributed by atoms with Gasteiger partial charge in [-0.2, -0.15) is 0 Å². The number of imidazole rings is 1. The molecule has 1 aromatic heterocycles. The number of anilines is 1. The summed E-state index contributed by atoms with van der Waals surface area (Å²) >= 11 is 6.55. The molecule has 0 N–H and O–H groups in total. The summed E-state index contributed by atoms with van der Waals surface area (Å²) in [6.45, 7) is 4.49. The second-order valence-corrected chi connectivity index (χ2v) is 7.72. The van der Waals surface area contributed by atoms with Crippen molar-refractivity contribution in [3.63, 3.8) is 0 Å². The topological polar surface area (TPSA) is 64.4 Å². The molecule has 0 fully saturated rings. The monoisotopic (exact) mass is 425 g/mol. The fourth-order valence-corrected chi connectivity index (χ4v) is 4.32.